The summed E-state index contributed by atoms with van der Waals surface area (Å²) in [6.45, 7) is 3.71. The number of hydrogen-bond acceptors (Lipinski definition) is 6. The van der Waals surface area contributed by atoms with Gasteiger partial charge in [0.15, 0.2) is 11.5 Å². The number of rotatable bonds is 7. The number of ether oxygens (including phenoxy) is 3. The van der Waals surface area contributed by atoms with E-state index in [9.17, 15) is 9.59 Å². The number of aryl methyl sites for hydroxylation is 2. The van der Waals surface area contributed by atoms with Crippen molar-refractivity contribution in [3.05, 3.63) is 57.4 Å². The molecule has 30 heavy (non-hydrogen) atoms. The Bertz CT molecular complexity index is 1150. The zero-order valence-electron chi connectivity index (χ0n) is 17.8. The van der Waals surface area contributed by atoms with Gasteiger partial charge in [-0.15, -0.1) is 0 Å². The van der Waals surface area contributed by atoms with Crippen LogP contribution < -0.4 is 25.2 Å². The van der Waals surface area contributed by atoms with Gasteiger partial charge in [-0.25, -0.2) is 4.79 Å². The molecular weight excluding hydrogens is 386 g/mol. The maximum atomic E-state index is 12.6. The second kappa shape index (κ2) is 8.90. The molecule has 2 aromatic carbocycles. The monoisotopic (exact) mass is 411 g/mol. The van der Waals surface area contributed by atoms with Gasteiger partial charge < -0.3 is 23.9 Å². The lowest BCUT2D eigenvalue weighted by atomic mass is 10.00. The first-order valence-electron chi connectivity index (χ1n) is 9.51. The summed E-state index contributed by atoms with van der Waals surface area (Å²) < 4.78 is 21.3. The van der Waals surface area contributed by atoms with E-state index in [-0.39, 0.29) is 18.7 Å². The molecule has 0 fully saturated rings. The van der Waals surface area contributed by atoms with Crippen LogP contribution in [0, 0.1) is 13.8 Å². The van der Waals surface area contributed by atoms with E-state index in [2.05, 4.69) is 5.32 Å². The molecule has 0 radical (unpaired) electrons. The van der Waals surface area contributed by atoms with E-state index in [0.717, 1.165) is 16.5 Å². The second-order valence-corrected chi connectivity index (χ2v) is 6.88. The normalized spacial score (nSPS) is 10.7. The number of benzene rings is 2. The summed E-state index contributed by atoms with van der Waals surface area (Å²) in [5, 5.41) is 3.65. The smallest absolute Gasteiger partial charge is 0.339 e. The molecule has 1 aromatic heterocycles. The van der Waals surface area contributed by atoms with Crippen LogP contribution in [0.4, 0.5) is 5.69 Å². The first-order chi connectivity index (χ1) is 14.4. The van der Waals surface area contributed by atoms with Crippen LogP contribution in [-0.4, -0.2) is 27.2 Å². The fourth-order valence-corrected chi connectivity index (χ4v) is 3.46. The number of fused-ring (bicyclic) bond motifs is 1. The van der Waals surface area contributed by atoms with Crippen LogP contribution in [0.15, 0.2) is 39.5 Å². The van der Waals surface area contributed by atoms with E-state index < -0.39 is 5.63 Å². The fourth-order valence-electron chi connectivity index (χ4n) is 3.46. The van der Waals surface area contributed by atoms with Crippen LogP contribution in [0.25, 0.3) is 11.0 Å². The average molecular weight is 411 g/mol. The Morgan fingerprint density at radius 1 is 0.933 bits per heavy atom. The van der Waals surface area contributed by atoms with Crippen LogP contribution >= 0.6 is 0 Å². The van der Waals surface area contributed by atoms with Gasteiger partial charge in [0.1, 0.15) is 11.3 Å². The van der Waals surface area contributed by atoms with Gasteiger partial charge in [0.05, 0.1) is 21.3 Å². The van der Waals surface area contributed by atoms with E-state index >= 15 is 0 Å². The third-order valence-electron chi connectivity index (χ3n) is 5.14. The summed E-state index contributed by atoms with van der Waals surface area (Å²) in [4.78, 5) is 25.0. The lowest BCUT2D eigenvalue weighted by Crippen LogP contribution is -2.17. The SMILES string of the molecule is COc1ccc(NC(=O)CCc2c(C)c3ccc(OC)c(C)c3oc2=O)cc1OC. The summed E-state index contributed by atoms with van der Waals surface area (Å²) in [5.41, 5.74) is 2.74. The highest BCUT2D eigenvalue weighted by atomic mass is 16.5. The molecule has 3 rings (SSSR count). The molecule has 0 spiro atoms. The maximum absolute atomic E-state index is 12.6. The highest BCUT2D eigenvalue weighted by molar-refractivity contribution is 5.91. The van der Waals surface area contributed by atoms with Gasteiger partial charge in [0, 0.05) is 34.7 Å². The van der Waals surface area contributed by atoms with Gasteiger partial charge in [-0.2, -0.15) is 0 Å². The van der Waals surface area contributed by atoms with Crippen LogP contribution in [-0.2, 0) is 11.2 Å². The van der Waals surface area contributed by atoms with Crippen molar-refractivity contribution in [1.29, 1.82) is 0 Å². The maximum Gasteiger partial charge on any atom is 0.339 e. The standard InChI is InChI=1S/C23H25NO6/c1-13-16-7-10-18(27-3)14(2)22(16)30-23(26)17(13)8-11-21(25)24-15-6-9-19(28-4)20(12-15)29-5/h6-7,9-10,12H,8,11H2,1-5H3,(H,24,25). The van der Waals surface area contributed by atoms with Crippen molar-refractivity contribution in [1.82, 2.24) is 0 Å². The minimum absolute atomic E-state index is 0.139. The Morgan fingerprint density at radius 3 is 2.27 bits per heavy atom. The number of amides is 1. The molecule has 7 heteroatoms. The van der Waals surface area contributed by atoms with Crippen LogP contribution in [0.2, 0.25) is 0 Å². The first kappa shape index (κ1) is 21.2. The number of carbonyl (C=O) groups excluding carboxylic acids is 1. The molecule has 158 valence electrons. The van der Waals surface area contributed by atoms with Crippen molar-refractivity contribution < 1.29 is 23.4 Å². The number of hydrogen-bond donors (Lipinski definition) is 1. The molecule has 0 bridgehead atoms. The lowest BCUT2D eigenvalue weighted by molar-refractivity contribution is -0.116. The van der Waals surface area contributed by atoms with Gasteiger partial charge >= 0.3 is 5.63 Å². The summed E-state index contributed by atoms with van der Waals surface area (Å²) >= 11 is 0. The van der Waals surface area contributed by atoms with Crippen LogP contribution in [0.5, 0.6) is 17.2 Å². The molecule has 0 aliphatic heterocycles. The predicted molar refractivity (Wildman–Crippen MR) is 115 cm³/mol. The molecule has 0 unspecified atom stereocenters. The Kier molecular flexibility index (Phi) is 6.30. The molecule has 1 amide bonds. The van der Waals surface area contributed by atoms with E-state index in [1.54, 1.807) is 32.4 Å². The molecule has 7 nitrogen and oxygen atoms in total. The summed E-state index contributed by atoms with van der Waals surface area (Å²) in [7, 11) is 4.65. The minimum atomic E-state index is -0.435. The Labute approximate surface area is 174 Å². The summed E-state index contributed by atoms with van der Waals surface area (Å²) in [6.07, 6.45) is 0.412. The Balaban J connectivity index is 1.78. The van der Waals surface area contributed by atoms with Gasteiger partial charge in [-0.1, -0.05) is 0 Å². The first-order valence-corrected chi connectivity index (χ1v) is 9.51. The minimum Gasteiger partial charge on any atom is -0.496 e. The number of carbonyl (C=O) groups is 1. The van der Waals surface area contributed by atoms with Crippen molar-refractivity contribution >= 4 is 22.6 Å². The van der Waals surface area contributed by atoms with Crippen molar-refractivity contribution in [2.45, 2.75) is 26.7 Å². The summed E-state index contributed by atoms with van der Waals surface area (Å²) in [5.74, 6) is 1.54. The number of nitrogens with one attached hydrogen (secondary N) is 1. The zero-order valence-corrected chi connectivity index (χ0v) is 17.8. The Hall–Kier alpha value is -3.48. The van der Waals surface area contributed by atoms with Gasteiger partial charge in [0.2, 0.25) is 5.91 Å². The Morgan fingerprint density at radius 2 is 1.60 bits per heavy atom. The molecule has 0 atom stereocenters. The predicted octanol–water partition coefficient (Wildman–Crippen LogP) is 4.01. The van der Waals surface area contributed by atoms with Gasteiger partial charge in [0.25, 0.3) is 0 Å². The molecule has 1 N–H and O–H groups in total. The summed E-state index contributed by atoms with van der Waals surface area (Å²) in [6, 6.07) is 8.84. The van der Waals surface area contributed by atoms with E-state index in [0.29, 0.717) is 34.1 Å². The van der Waals surface area contributed by atoms with Gasteiger partial charge in [-0.3, -0.25) is 4.79 Å². The van der Waals surface area contributed by atoms with Crippen molar-refractivity contribution in [2.75, 3.05) is 26.6 Å². The fraction of sp³-hybridized carbons (Fsp3) is 0.304. The lowest BCUT2D eigenvalue weighted by Gasteiger charge is -2.12. The van der Waals surface area contributed by atoms with Crippen LogP contribution in [0.1, 0.15) is 23.1 Å². The number of methoxy groups -OCH3 is 3. The third kappa shape index (κ3) is 4.10. The van der Waals surface area contributed by atoms with E-state index in [4.69, 9.17) is 18.6 Å². The van der Waals surface area contributed by atoms with Crippen molar-refractivity contribution in [2.24, 2.45) is 0 Å². The highest BCUT2D eigenvalue weighted by Crippen LogP contribution is 2.31. The molecule has 1 heterocycles. The van der Waals surface area contributed by atoms with Crippen molar-refractivity contribution in [3.63, 3.8) is 0 Å². The van der Waals surface area contributed by atoms with E-state index in [1.807, 2.05) is 26.0 Å². The van der Waals surface area contributed by atoms with Gasteiger partial charge in [-0.05, 0) is 50.1 Å². The molecular formula is C23H25NO6. The highest BCUT2D eigenvalue weighted by Gasteiger charge is 2.16. The number of anilines is 1. The molecule has 0 saturated heterocycles. The quantitative estimate of drug-likeness (QED) is 0.591. The molecule has 3 aromatic rings. The molecule has 0 saturated carbocycles. The second-order valence-electron chi connectivity index (χ2n) is 6.88. The largest absolute Gasteiger partial charge is 0.496 e. The average Bonchev–Trinajstić information content (AvgIpc) is 2.74. The third-order valence-corrected chi connectivity index (χ3v) is 5.14. The molecule has 0 aliphatic carbocycles. The molecule has 0 aliphatic rings. The van der Waals surface area contributed by atoms with Crippen LogP contribution in [0.3, 0.4) is 0 Å². The topological polar surface area (TPSA) is 87.0 Å². The van der Waals surface area contributed by atoms with E-state index in [1.165, 1.54) is 7.11 Å². The zero-order chi connectivity index (χ0) is 21.8. The van der Waals surface area contributed by atoms with Crippen molar-refractivity contribution in [3.8, 4) is 17.2 Å².